The van der Waals surface area contributed by atoms with Crippen molar-refractivity contribution in [3.8, 4) is 5.75 Å². The van der Waals surface area contributed by atoms with Crippen LogP contribution in [-0.2, 0) is 0 Å². The SMILES string of the molecule is CCC1(CC)C(NC)CC1Oc1cc(C)ccc1[N+](=O)[O-]. The van der Waals surface area contributed by atoms with Crippen LogP contribution in [0.4, 0.5) is 5.69 Å². The summed E-state index contributed by atoms with van der Waals surface area (Å²) in [6.07, 6.45) is 2.92. The van der Waals surface area contributed by atoms with Gasteiger partial charge in [0.2, 0.25) is 0 Å². The van der Waals surface area contributed by atoms with Crippen molar-refractivity contribution >= 4 is 5.69 Å². The van der Waals surface area contributed by atoms with Gasteiger partial charge >= 0.3 is 5.69 Å². The molecule has 116 valence electrons. The Morgan fingerprint density at radius 3 is 2.62 bits per heavy atom. The van der Waals surface area contributed by atoms with E-state index < -0.39 is 0 Å². The Hall–Kier alpha value is -1.62. The van der Waals surface area contributed by atoms with Crippen molar-refractivity contribution in [3.63, 3.8) is 0 Å². The number of hydrogen-bond donors (Lipinski definition) is 1. The highest BCUT2D eigenvalue weighted by Gasteiger charge is 2.54. The number of nitrogens with zero attached hydrogens (tertiary/aromatic N) is 1. The molecule has 0 saturated heterocycles. The van der Waals surface area contributed by atoms with E-state index >= 15 is 0 Å². The van der Waals surface area contributed by atoms with Crippen LogP contribution >= 0.6 is 0 Å². The number of ether oxygens (including phenoxy) is 1. The van der Waals surface area contributed by atoms with Crippen LogP contribution in [0.1, 0.15) is 38.7 Å². The van der Waals surface area contributed by atoms with E-state index in [0.29, 0.717) is 11.8 Å². The Morgan fingerprint density at radius 2 is 2.10 bits per heavy atom. The van der Waals surface area contributed by atoms with Crippen molar-refractivity contribution in [2.45, 2.75) is 52.2 Å². The lowest BCUT2D eigenvalue weighted by atomic mass is 9.58. The van der Waals surface area contributed by atoms with Gasteiger partial charge in [0.15, 0.2) is 5.75 Å². The molecular weight excluding hydrogens is 268 g/mol. The summed E-state index contributed by atoms with van der Waals surface area (Å²) in [6, 6.07) is 5.45. The lowest BCUT2D eigenvalue weighted by Crippen LogP contribution is -2.63. The fourth-order valence-corrected chi connectivity index (χ4v) is 3.54. The van der Waals surface area contributed by atoms with Crippen molar-refractivity contribution in [1.82, 2.24) is 5.32 Å². The molecule has 2 atom stereocenters. The first-order valence-electron chi connectivity index (χ1n) is 7.57. The van der Waals surface area contributed by atoms with Crippen molar-refractivity contribution in [2.75, 3.05) is 7.05 Å². The maximum absolute atomic E-state index is 11.2. The maximum atomic E-state index is 11.2. The van der Waals surface area contributed by atoms with Crippen LogP contribution in [0.15, 0.2) is 18.2 Å². The summed E-state index contributed by atoms with van der Waals surface area (Å²) in [7, 11) is 1.97. The molecule has 1 aromatic carbocycles. The van der Waals surface area contributed by atoms with Crippen LogP contribution in [0.5, 0.6) is 5.75 Å². The molecule has 1 N–H and O–H groups in total. The molecule has 1 aromatic rings. The molecule has 0 heterocycles. The second kappa shape index (κ2) is 6.02. The molecule has 0 spiro atoms. The van der Waals surface area contributed by atoms with Gasteiger partial charge in [-0.05, 0) is 38.4 Å². The Bertz CT molecular complexity index is 526. The summed E-state index contributed by atoms with van der Waals surface area (Å²) in [5.74, 6) is 0.394. The van der Waals surface area contributed by atoms with Gasteiger partial charge in [-0.3, -0.25) is 10.1 Å². The first-order chi connectivity index (χ1) is 9.98. The van der Waals surface area contributed by atoms with Gasteiger partial charge < -0.3 is 10.1 Å². The first kappa shape index (κ1) is 15.8. The predicted molar refractivity (Wildman–Crippen MR) is 82.7 cm³/mol. The predicted octanol–water partition coefficient (Wildman–Crippen LogP) is 3.45. The van der Waals surface area contributed by atoms with Crippen LogP contribution in [0, 0.1) is 22.5 Å². The number of nitro benzene ring substituents is 1. The number of benzene rings is 1. The summed E-state index contributed by atoms with van der Waals surface area (Å²) in [6.45, 7) is 6.24. The number of nitro groups is 1. The zero-order valence-electron chi connectivity index (χ0n) is 13.2. The standard InChI is InChI=1S/C16H24N2O3/c1-5-16(6-2)14(17-4)10-15(16)21-13-9-11(3)7-8-12(13)18(19)20/h7-9,14-15,17H,5-6,10H2,1-4H3. The Kier molecular flexibility index (Phi) is 4.52. The van der Waals surface area contributed by atoms with Gasteiger partial charge in [-0.2, -0.15) is 0 Å². The largest absolute Gasteiger partial charge is 0.483 e. The fraction of sp³-hybridized carbons (Fsp3) is 0.625. The van der Waals surface area contributed by atoms with E-state index in [1.165, 1.54) is 6.07 Å². The highest BCUT2D eigenvalue weighted by molar-refractivity contribution is 5.48. The molecule has 2 rings (SSSR count). The maximum Gasteiger partial charge on any atom is 0.310 e. The molecule has 0 aromatic heterocycles. The van der Waals surface area contributed by atoms with Gasteiger partial charge in [0.1, 0.15) is 6.10 Å². The topological polar surface area (TPSA) is 64.4 Å². The number of hydrogen-bond acceptors (Lipinski definition) is 4. The molecule has 5 nitrogen and oxygen atoms in total. The second-order valence-electron chi connectivity index (χ2n) is 5.85. The van der Waals surface area contributed by atoms with Crippen molar-refractivity contribution in [3.05, 3.63) is 33.9 Å². The zero-order chi connectivity index (χ0) is 15.6. The zero-order valence-corrected chi connectivity index (χ0v) is 13.2. The lowest BCUT2D eigenvalue weighted by molar-refractivity contribution is -0.386. The van der Waals surface area contributed by atoms with Gasteiger partial charge in [0, 0.05) is 23.9 Å². The molecule has 1 saturated carbocycles. The van der Waals surface area contributed by atoms with E-state index in [1.807, 2.05) is 14.0 Å². The molecule has 21 heavy (non-hydrogen) atoms. The van der Waals surface area contributed by atoms with Crippen LogP contribution < -0.4 is 10.1 Å². The third-order valence-electron chi connectivity index (χ3n) is 5.03. The van der Waals surface area contributed by atoms with E-state index in [9.17, 15) is 10.1 Å². The molecule has 2 unspecified atom stereocenters. The summed E-state index contributed by atoms with van der Waals surface area (Å²) < 4.78 is 6.07. The van der Waals surface area contributed by atoms with Gasteiger partial charge in [-0.1, -0.05) is 19.9 Å². The van der Waals surface area contributed by atoms with Crippen LogP contribution in [0.2, 0.25) is 0 Å². The first-order valence-corrected chi connectivity index (χ1v) is 7.57. The number of nitrogens with one attached hydrogen (secondary N) is 1. The van der Waals surface area contributed by atoms with Crippen molar-refractivity contribution < 1.29 is 9.66 Å². The lowest BCUT2D eigenvalue weighted by Gasteiger charge is -2.55. The monoisotopic (exact) mass is 292 g/mol. The van der Waals surface area contributed by atoms with E-state index in [1.54, 1.807) is 12.1 Å². The third kappa shape index (κ3) is 2.62. The van der Waals surface area contributed by atoms with Crippen molar-refractivity contribution in [1.29, 1.82) is 0 Å². The van der Waals surface area contributed by atoms with Gasteiger partial charge in [0.25, 0.3) is 0 Å². The molecule has 5 heteroatoms. The number of rotatable bonds is 6. The smallest absolute Gasteiger partial charge is 0.310 e. The van der Waals surface area contributed by atoms with E-state index in [0.717, 1.165) is 24.8 Å². The van der Waals surface area contributed by atoms with Gasteiger partial charge in [-0.25, -0.2) is 0 Å². The normalized spacial score (nSPS) is 23.4. The second-order valence-corrected chi connectivity index (χ2v) is 5.85. The van der Waals surface area contributed by atoms with E-state index in [-0.39, 0.29) is 22.1 Å². The third-order valence-corrected chi connectivity index (χ3v) is 5.03. The molecule has 0 amide bonds. The highest BCUT2D eigenvalue weighted by atomic mass is 16.6. The Balaban J connectivity index is 2.26. The summed E-state index contributed by atoms with van der Waals surface area (Å²) >= 11 is 0. The molecule has 1 aliphatic rings. The summed E-state index contributed by atoms with van der Waals surface area (Å²) in [5.41, 5.74) is 1.08. The minimum absolute atomic E-state index is 0.0328. The van der Waals surface area contributed by atoms with Crippen LogP contribution in [0.3, 0.4) is 0 Å². The van der Waals surface area contributed by atoms with Crippen molar-refractivity contribution in [2.24, 2.45) is 5.41 Å². The van der Waals surface area contributed by atoms with Gasteiger partial charge in [-0.15, -0.1) is 0 Å². The fourth-order valence-electron chi connectivity index (χ4n) is 3.54. The molecule has 1 fully saturated rings. The Morgan fingerprint density at radius 1 is 1.43 bits per heavy atom. The van der Waals surface area contributed by atoms with Crippen LogP contribution in [-0.4, -0.2) is 24.1 Å². The molecule has 0 aliphatic heterocycles. The molecule has 1 aliphatic carbocycles. The van der Waals surface area contributed by atoms with Crippen LogP contribution in [0.25, 0.3) is 0 Å². The van der Waals surface area contributed by atoms with E-state index in [2.05, 4.69) is 19.2 Å². The minimum Gasteiger partial charge on any atom is -0.483 e. The van der Waals surface area contributed by atoms with E-state index in [4.69, 9.17) is 4.74 Å². The number of aryl methyl sites for hydroxylation is 1. The Labute approximate surface area is 125 Å². The average Bonchev–Trinajstić information content (AvgIpc) is 2.44. The average molecular weight is 292 g/mol. The summed E-state index contributed by atoms with van der Waals surface area (Å²) in [4.78, 5) is 10.8. The summed E-state index contributed by atoms with van der Waals surface area (Å²) in [5, 5.41) is 14.5. The molecule has 0 bridgehead atoms. The molecular formula is C16H24N2O3. The quantitative estimate of drug-likeness (QED) is 0.644. The molecule has 0 radical (unpaired) electrons. The highest BCUT2D eigenvalue weighted by Crippen LogP contribution is 2.49. The minimum atomic E-state index is -0.372. The van der Waals surface area contributed by atoms with Gasteiger partial charge in [0.05, 0.1) is 4.92 Å².